The number of amides is 2. The Balaban J connectivity index is 1.57. The largest absolute Gasteiger partial charge is 0.378 e. The maximum atomic E-state index is 13.3. The number of carbonyl (C=O) groups is 2. The Morgan fingerprint density at radius 3 is 2.37 bits per heavy atom. The number of anilines is 1. The molecule has 1 aliphatic rings. The summed E-state index contributed by atoms with van der Waals surface area (Å²) in [5.74, 6) is -0.716. The van der Waals surface area contributed by atoms with Crippen molar-refractivity contribution in [1.29, 1.82) is 5.26 Å². The third kappa shape index (κ3) is 5.52. The Labute approximate surface area is 208 Å². The number of hydrogen-bond acceptors (Lipinski definition) is 5. The van der Waals surface area contributed by atoms with E-state index < -0.39 is 11.5 Å². The van der Waals surface area contributed by atoms with Gasteiger partial charge in [0.15, 0.2) is 5.60 Å². The molecule has 1 heterocycles. The minimum absolute atomic E-state index is 0.0150. The van der Waals surface area contributed by atoms with Gasteiger partial charge >= 0.3 is 0 Å². The van der Waals surface area contributed by atoms with Gasteiger partial charge in [0.1, 0.15) is 6.07 Å². The highest BCUT2D eigenvalue weighted by Gasteiger charge is 2.38. The molecule has 7 nitrogen and oxygen atoms in total. The van der Waals surface area contributed by atoms with E-state index in [9.17, 15) is 14.7 Å². The lowest BCUT2D eigenvalue weighted by atomic mass is 9.86. The van der Waals surface area contributed by atoms with Gasteiger partial charge in [0.2, 0.25) is 0 Å². The normalized spacial score (nSPS) is 15.1. The predicted molar refractivity (Wildman–Crippen MR) is 132 cm³/mol. The molecule has 1 atom stereocenters. The lowest BCUT2D eigenvalue weighted by Crippen LogP contribution is -2.42. The van der Waals surface area contributed by atoms with Crippen molar-refractivity contribution >= 4 is 29.1 Å². The van der Waals surface area contributed by atoms with Crippen molar-refractivity contribution in [3.63, 3.8) is 0 Å². The first-order valence-corrected chi connectivity index (χ1v) is 11.5. The Bertz CT molecular complexity index is 1250. The first-order valence-electron chi connectivity index (χ1n) is 11.2. The van der Waals surface area contributed by atoms with Gasteiger partial charge in [-0.15, -0.1) is 0 Å². The second-order valence-electron chi connectivity index (χ2n) is 8.27. The minimum atomic E-state index is -1.89. The van der Waals surface area contributed by atoms with Crippen molar-refractivity contribution in [2.45, 2.75) is 12.0 Å². The van der Waals surface area contributed by atoms with Gasteiger partial charge in [0.05, 0.1) is 23.8 Å². The molecule has 0 bridgehead atoms. The molecule has 1 aliphatic heterocycles. The number of nitriles is 1. The van der Waals surface area contributed by atoms with Crippen LogP contribution in [0.25, 0.3) is 0 Å². The zero-order chi connectivity index (χ0) is 24.8. The molecule has 1 unspecified atom stereocenters. The van der Waals surface area contributed by atoms with E-state index in [4.69, 9.17) is 21.6 Å². The van der Waals surface area contributed by atoms with Crippen molar-refractivity contribution in [3.8, 4) is 6.07 Å². The van der Waals surface area contributed by atoms with Crippen LogP contribution in [-0.4, -0.2) is 48.1 Å². The molecule has 0 aromatic heterocycles. The Morgan fingerprint density at radius 2 is 1.74 bits per heavy atom. The highest BCUT2D eigenvalue weighted by atomic mass is 35.5. The van der Waals surface area contributed by atoms with E-state index in [2.05, 4.69) is 5.32 Å². The Hall–Kier alpha value is -3.70. The average molecular weight is 490 g/mol. The van der Waals surface area contributed by atoms with Crippen LogP contribution < -0.4 is 5.32 Å². The third-order valence-corrected chi connectivity index (χ3v) is 6.25. The summed E-state index contributed by atoms with van der Waals surface area (Å²) in [6.07, 6.45) is -0.0150. The summed E-state index contributed by atoms with van der Waals surface area (Å²) in [6.45, 7) is 2.14. The van der Waals surface area contributed by atoms with Crippen LogP contribution in [0, 0.1) is 11.3 Å². The number of ether oxygens (including phenoxy) is 1. The molecule has 0 saturated carbocycles. The smallest absolute Gasteiger partial charge is 0.261 e. The van der Waals surface area contributed by atoms with Crippen molar-refractivity contribution in [3.05, 3.63) is 100 Å². The number of nitrogens with zero attached hydrogens (tertiary/aromatic N) is 2. The van der Waals surface area contributed by atoms with E-state index in [0.29, 0.717) is 48.7 Å². The molecule has 8 heteroatoms. The minimum Gasteiger partial charge on any atom is -0.378 e. The Morgan fingerprint density at radius 1 is 1.06 bits per heavy atom. The quantitative estimate of drug-likeness (QED) is 0.549. The standard InChI is InChI=1S/C27H24ClN3O4/c28-24-16-23(11-10-21(24)18-29)30-26(33)27(34,22-4-2-1-3-5-22)17-19-6-8-20(9-7-19)25(32)31-12-14-35-15-13-31/h1-11,16,34H,12-15,17H2,(H,30,33). The monoisotopic (exact) mass is 489 g/mol. The van der Waals surface area contributed by atoms with Gasteiger partial charge in [-0.2, -0.15) is 5.26 Å². The summed E-state index contributed by atoms with van der Waals surface area (Å²) >= 11 is 6.10. The van der Waals surface area contributed by atoms with Crippen molar-refractivity contribution < 1.29 is 19.4 Å². The van der Waals surface area contributed by atoms with Gasteiger partial charge in [0.25, 0.3) is 11.8 Å². The molecule has 1 fully saturated rings. The molecule has 2 amide bonds. The van der Waals surface area contributed by atoms with Gasteiger partial charge in [-0.25, -0.2) is 0 Å². The molecule has 1 saturated heterocycles. The van der Waals surface area contributed by atoms with Gasteiger partial charge in [0, 0.05) is 30.8 Å². The lowest BCUT2D eigenvalue weighted by Gasteiger charge is -2.28. The number of nitrogens with one attached hydrogen (secondary N) is 1. The van der Waals surface area contributed by atoms with Crippen LogP contribution in [0.3, 0.4) is 0 Å². The maximum Gasteiger partial charge on any atom is 0.261 e. The SMILES string of the molecule is N#Cc1ccc(NC(=O)C(O)(Cc2ccc(C(=O)N3CCOCC3)cc2)c2ccccc2)cc1Cl. The molecular weight excluding hydrogens is 466 g/mol. The summed E-state index contributed by atoms with van der Waals surface area (Å²) in [5, 5.41) is 23.6. The van der Waals surface area contributed by atoms with E-state index in [1.54, 1.807) is 65.6 Å². The fourth-order valence-corrected chi connectivity index (χ4v) is 4.18. The van der Waals surface area contributed by atoms with Crippen LogP contribution in [-0.2, 0) is 21.6 Å². The topological polar surface area (TPSA) is 103 Å². The Kier molecular flexibility index (Phi) is 7.47. The summed E-state index contributed by atoms with van der Waals surface area (Å²) in [5.41, 5.74) is 0.399. The fourth-order valence-electron chi connectivity index (χ4n) is 3.95. The number of halogens is 1. The molecule has 2 N–H and O–H groups in total. The summed E-state index contributed by atoms with van der Waals surface area (Å²) in [6, 6.07) is 22.1. The highest BCUT2D eigenvalue weighted by Crippen LogP contribution is 2.29. The number of aliphatic hydroxyl groups is 1. The first kappa shape index (κ1) is 24.4. The molecule has 3 aromatic carbocycles. The van der Waals surface area contributed by atoms with E-state index in [-0.39, 0.29) is 22.9 Å². The molecule has 3 aromatic rings. The number of morpholine rings is 1. The number of hydrogen-bond donors (Lipinski definition) is 2. The van der Waals surface area contributed by atoms with Crippen LogP contribution >= 0.6 is 11.6 Å². The van der Waals surface area contributed by atoms with E-state index in [0.717, 1.165) is 0 Å². The van der Waals surface area contributed by atoms with Crippen molar-refractivity contribution in [1.82, 2.24) is 4.90 Å². The van der Waals surface area contributed by atoms with Crippen LogP contribution in [0.1, 0.15) is 27.0 Å². The summed E-state index contributed by atoms with van der Waals surface area (Å²) < 4.78 is 5.30. The molecule has 0 spiro atoms. The second-order valence-corrected chi connectivity index (χ2v) is 8.67. The summed E-state index contributed by atoms with van der Waals surface area (Å²) in [4.78, 5) is 27.8. The molecule has 35 heavy (non-hydrogen) atoms. The van der Waals surface area contributed by atoms with Gasteiger partial charge in [-0.1, -0.05) is 54.1 Å². The predicted octanol–water partition coefficient (Wildman–Crippen LogP) is 3.75. The number of carbonyl (C=O) groups excluding carboxylic acids is 2. The number of rotatable bonds is 6. The van der Waals surface area contributed by atoms with Gasteiger partial charge < -0.3 is 20.1 Å². The molecule has 178 valence electrons. The highest BCUT2D eigenvalue weighted by molar-refractivity contribution is 6.32. The van der Waals surface area contributed by atoms with E-state index in [1.807, 2.05) is 6.07 Å². The fraction of sp³-hybridized carbons (Fsp3) is 0.222. The van der Waals surface area contributed by atoms with E-state index in [1.165, 1.54) is 12.1 Å². The maximum absolute atomic E-state index is 13.3. The van der Waals surface area contributed by atoms with E-state index >= 15 is 0 Å². The molecule has 0 radical (unpaired) electrons. The molecule has 0 aliphatic carbocycles. The van der Waals surface area contributed by atoms with Crippen LogP contribution in [0.2, 0.25) is 5.02 Å². The molecule has 4 rings (SSSR count). The van der Waals surface area contributed by atoms with Crippen molar-refractivity contribution in [2.24, 2.45) is 0 Å². The van der Waals surface area contributed by atoms with Gasteiger partial charge in [-0.3, -0.25) is 9.59 Å². The second kappa shape index (κ2) is 10.7. The zero-order valence-electron chi connectivity index (χ0n) is 18.9. The van der Waals surface area contributed by atoms with Crippen LogP contribution in [0.15, 0.2) is 72.8 Å². The summed E-state index contributed by atoms with van der Waals surface area (Å²) in [7, 11) is 0. The lowest BCUT2D eigenvalue weighted by molar-refractivity contribution is -0.135. The van der Waals surface area contributed by atoms with Crippen LogP contribution in [0.5, 0.6) is 0 Å². The molecular formula is C27H24ClN3O4. The number of benzene rings is 3. The van der Waals surface area contributed by atoms with Crippen molar-refractivity contribution in [2.75, 3.05) is 31.6 Å². The zero-order valence-corrected chi connectivity index (χ0v) is 19.7. The first-order chi connectivity index (χ1) is 16.9. The van der Waals surface area contributed by atoms with Crippen LogP contribution in [0.4, 0.5) is 5.69 Å². The van der Waals surface area contributed by atoms with Gasteiger partial charge in [-0.05, 0) is 41.5 Å². The average Bonchev–Trinajstić information content (AvgIpc) is 2.90. The third-order valence-electron chi connectivity index (χ3n) is 5.93.